The molecule has 1 aromatic heterocycles. The maximum atomic E-state index is 11.3. The van der Waals surface area contributed by atoms with Gasteiger partial charge in [-0.3, -0.25) is 4.79 Å². The smallest absolute Gasteiger partial charge is 0.226 e. The van der Waals surface area contributed by atoms with Gasteiger partial charge in [0.1, 0.15) is 5.82 Å². The quantitative estimate of drug-likeness (QED) is 0.775. The third-order valence-corrected chi connectivity index (χ3v) is 3.27. The molecule has 80 valence electrons. The highest BCUT2D eigenvalue weighted by atomic mass is 16.1. The highest BCUT2D eigenvalue weighted by molar-refractivity contribution is 5.79. The second-order valence-corrected chi connectivity index (χ2v) is 4.56. The number of nitrogens with zero attached hydrogens (tertiary/aromatic N) is 2. The van der Waals surface area contributed by atoms with Crippen molar-refractivity contribution in [1.29, 1.82) is 0 Å². The SMILES string of the molecule is Cc1nc2c(n1CC1CC1)CC(=O)NC2. The molecule has 0 bridgehead atoms. The van der Waals surface area contributed by atoms with Gasteiger partial charge in [-0.15, -0.1) is 0 Å². The van der Waals surface area contributed by atoms with E-state index in [1.54, 1.807) is 0 Å². The normalized spacial score (nSPS) is 19.9. The molecule has 0 aromatic carbocycles. The van der Waals surface area contributed by atoms with Gasteiger partial charge >= 0.3 is 0 Å². The minimum Gasteiger partial charge on any atom is -0.350 e. The Bertz CT molecular complexity index is 418. The van der Waals surface area contributed by atoms with Crippen molar-refractivity contribution in [3.63, 3.8) is 0 Å². The van der Waals surface area contributed by atoms with Crippen LogP contribution in [0.15, 0.2) is 0 Å². The van der Waals surface area contributed by atoms with Crippen LogP contribution < -0.4 is 5.32 Å². The van der Waals surface area contributed by atoms with Gasteiger partial charge in [0, 0.05) is 6.54 Å². The molecule has 15 heavy (non-hydrogen) atoms. The van der Waals surface area contributed by atoms with E-state index in [2.05, 4.69) is 14.9 Å². The molecule has 4 heteroatoms. The molecule has 0 unspecified atom stereocenters. The maximum Gasteiger partial charge on any atom is 0.226 e. The van der Waals surface area contributed by atoms with Gasteiger partial charge in [-0.25, -0.2) is 4.98 Å². The number of fused-ring (bicyclic) bond motifs is 1. The van der Waals surface area contributed by atoms with E-state index in [4.69, 9.17) is 0 Å². The Kier molecular flexibility index (Phi) is 1.84. The minimum atomic E-state index is 0.124. The molecule has 1 aliphatic heterocycles. The zero-order chi connectivity index (χ0) is 10.4. The number of carbonyl (C=O) groups is 1. The number of imidazole rings is 1. The second-order valence-electron chi connectivity index (χ2n) is 4.56. The molecule has 1 aliphatic carbocycles. The van der Waals surface area contributed by atoms with Crippen LogP contribution in [-0.4, -0.2) is 15.5 Å². The number of aryl methyl sites for hydroxylation is 1. The largest absolute Gasteiger partial charge is 0.350 e. The van der Waals surface area contributed by atoms with Crippen LogP contribution >= 0.6 is 0 Å². The Balaban J connectivity index is 1.96. The molecule has 4 nitrogen and oxygen atoms in total. The molecule has 1 N–H and O–H groups in total. The molecular formula is C11H15N3O. The van der Waals surface area contributed by atoms with Crippen LogP contribution in [0.4, 0.5) is 0 Å². The summed E-state index contributed by atoms with van der Waals surface area (Å²) in [7, 11) is 0. The Morgan fingerprint density at radius 3 is 3.07 bits per heavy atom. The van der Waals surface area contributed by atoms with E-state index < -0.39 is 0 Å². The van der Waals surface area contributed by atoms with Crippen LogP contribution in [-0.2, 0) is 24.3 Å². The lowest BCUT2D eigenvalue weighted by atomic mass is 10.1. The highest BCUT2D eigenvalue weighted by Gasteiger charge is 2.27. The summed E-state index contributed by atoms with van der Waals surface area (Å²) in [6.45, 7) is 3.69. The van der Waals surface area contributed by atoms with Gasteiger partial charge in [-0.2, -0.15) is 0 Å². The Hall–Kier alpha value is -1.32. The molecule has 2 heterocycles. The predicted octanol–water partition coefficient (Wildman–Crippen LogP) is 0.774. The van der Waals surface area contributed by atoms with Crippen molar-refractivity contribution in [2.45, 2.75) is 39.3 Å². The molecule has 0 spiro atoms. The van der Waals surface area contributed by atoms with Gasteiger partial charge in [-0.1, -0.05) is 0 Å². The van der Waals surface area contributed by atoms with Gasteiger partial charge in [-0.05, 0) is 25.7 Å². The fraction of sp³-hybridized carbons (Fsp3) is 0.636. The molecule has 2 aliphatic rings. The summed E-state index contributed by atoms with van der Waals surface area (Å²) in [6, 6.07) is 0. The van der Waals surface area contributed by atoms with Crippen molar-refractivity contribution in [1.82, 2.24) is 14.9 Å². The van der Waals surface area contributed by atoms with Crippen molar-refractivity contribution in [3.8, 4) is 0 Å². The number of hydrogen-bond donors (Lipinski definition) is 1. The Morgan fingerprint density at radius 2 is 2.33 bits per heavy atom. The third-order valence-electron chi connectivity index (χ3n) is 3.27. The lowest BCUT2D eigenvalue weighted by molar-refractivity contribution is -0.121. The summed E-state index contributed by atoms with van der Waals surface area (Å²) in [4.78, 5) is 15.9. The summed E-state index contributed by atoms with van der Waals surface area (Å²) < 4.78 is 2.24. The first-order valence-corrected chi connectivity index (χ1v) is 5.55. The zero-order valence-electron chi connectivity index (χ0n) is 8.92. The number of carbonyl (C=O) groups excluding carboxylic acids is 1. The van der Waals surface area contributed by atoms with Crippen LogP contribution in [0.3, 0.4) is 0 Å². The number of aromatic nitrogens is 2. The first kappa shape index (κ1) is 8.95. The summed E-state index contributed by atoms with van der Waals surface area (Å²) in [5, 5.41) is 2.83. The molecule has 0 saturated heterocycles. The average Bonchev–Trinajstić information content (AvgIpc) is 2.96. The number of hydrogen-bond acceptors (Lipinski definition) is 2. The third kappa shape index (κ3) is 1.54. The Morgan fingerprint density at radius 1 is 1.53 bits per heavy atom. The monoisotopic (exact) mass is 205 g/mol. The van der Waals surface area contributed by atoms with E-state index in [0.29, 0.717) is 13.0 Å². The fourth-order valence-electron chi connectivity index (χ4n) is 2.21. The number of nitrogens with one attached hydrogen (secondary N) is 1. The van der Waals surface area contributed by atoms with Crippen LogP contribution in [0.1, 0.15) is 30.1 Å². The standard InChI is InChI=1S/C11H15N3O/c1-7-13-9-5-12-11(15)4-10(9)14(7)6-8-2-3-8/h8H,2-6H2,1H3,(H,12,15). The van der Waals surface area contributed by atoms with Crippen LogP contribution in [0.2, 0.25) is 0 Å². The lowest BCUT2D eigenvalue weighted by Crippen LogP contribution is -2.31. The van der Waals surface area contributed by atoms with E-state index in [-0.39, 0.29) is 5.91 Å². The Labute approximate surface area is 88.7 Å². The first-order valence-electron chi connectivity index (χ1n) is 5.55. The van der Waals surface area contributed by atoms with Gasteiger partial charge in [0.15, 0.2) is 0 Å². The summed E-state index contributed by atoms with van der Waals surface area (Å²) >= 11 is 0. The summed E-state index contributed by atoms with van der Waals surface area (Å²) in [5.41, 5.74) is 2.20. The number of amides is 1. The molecule has 3 rings (SSSR count). The van der Waals surface area contributed by atoms with E-state index in [0.717, 1.165) is 29.7 Å². The molecule has 1 fully saturated rings. The highest BCUT2D eigenvalue weighted by Crippen LogP contribution is 2.32. The zero-order valence-corrected chi connectivity index (χ0v) is 8.92. The molecule has 1 aromatic rings. The maximum absolute atomic E-state index is 11.3. The fourth-order valence-corrected chi connectivity index (χ4v) is 2.21. The second kappa shape index (κ2) is 3.08. The summed E-state index contributed by atoms with van der Waals surface area (Å²) in [5.74, 6) is 2.01. The van der Waals surface area contributed by atoms with Gasteiger partial charge in [0.05, 0.1) is 24.4 Å². The number of rotatable bonds is 2. The average molecular weight is 205 g/mol. The lowest BCUT2D eigenvalue weighted by Gasteiger charge is -2.15. The van der Waals surface area contributed by atoms with Crippen molar-refractivity contribution >= 4 is 5.91 Å². The van der Waals surface area contributed by atoms with Crippen LogP contribution in [0, 0.1) is 12.8 Å². The van der Waals surface area contributed by atoms with Gasteiger partial charge in [0.25, 0.3) is 0 Å². The van der Waals surface area contributed by atoms with Crippen molar-refractivity contribution in [3.05, 3.63) is 17.2 Å². The molecule has 0 radical (unpaired) electrons. The topological polar surface area (TPSA) is 46.9 Å². The minimum absolute atomic E-state index is 0.124. The molecule has 1 amide bonds. The summed E-state index contributed by atoms with van der Waals surface area (Å²) in [6.07, 6.45) is 3.17. The first-order chi connectivity index (χ1) is 7.24. The van der Waals surface area contributed by atoms with Gasteiger partial charge in [0.2, 0.25) is 5.91 Å². The van der Waals surface area contributed by atoms with Crippen molar-refractivity contribution < 1.29 is 4.79 Å². The predicted molar refractivity (Wildman–Crippen MR) is 55.2 cm³/mol. The molecular weight excluding hydrogens is 190 g/mol. The van der Waals surface area contributed by atoms with Crippen LogP contribution in [0.5, 0.6) is 0 Å². The molecule has 1 saturated carbocycles. The van der Waals surface area contributed by atoms with Crippen molar-refractivity contribution in [2.75, 3.05) is 0 Å². The van der Waals surface area contributed by atoms with E-state index >= 15 is 0 Å². The van der Waals surface area contributed by atoms with Crippen LogP contribution in [0.25, 0.3) is 0 Å². The molecule has 0 atom stereocenters. The van der Waals surface area contributed by atoms with E-state index in [1.165, 1.54) is 12.8 Å². The van der Waals surface area contributed by atoms with E-state index in [9.17, 15) is 4.79 Å². The van der Waals surface area contributed by atoms with E-state index in [1.807, 2.05) is 6.92 Å². The van der Waals surface area contributed by atoms with Gasteiger partial charge < -0.3 is 9.88 Å². The van der Waals surface area contributed by atoms with Crippen molar-refractivity contribution in [2.24, 2.45) is 5.92 Å².